The van der Waals surface area contributed by atoms with Crippen molar-refractivity contribution in [2.75, 3.05) is 27.2 Å². The number of carbonyl (C=O) groups excluding carboxylic acids is 1. The third-order valence-corrected chi connectivity index (χ3v) is 4.92. The molecular weight excluding hydrogens is 304 g/mol. The monoisotopic (exact) mass is 328 g/mol. The fourth-order valence-corrected chi connectivity index (χ4v) is 3.09. The van der Waals surface area contributed by atoms with E-state index < -0.39 is 10.0 Å². The van der Waals surface area contributed by atoms with E-state index in [0.717, 1.165) is 17.3 Å². The minimum Gasteiger partial charge on any atom is -0.339 e. The summed E-state index contributed by atoms with van der Waals surface area (Å²) in [5.41, 5.74) is 0.368. The predicted molar refractivity (Wildman–Crippen MR) is 84.9 cm³/mol. The van der Waals surface area contributed by atoms with Gasteiger partial charge in [0, 0.05) is 25.7 Å². The lowest BCUT2D eigenvalue weighted by Crippen LogP contribution is -2.32. The molecule has 1 rings (SSSR count). The standard InChI is InChI=1S/C15H24N2O4S/c1-5-10-17(11-6-2)15(18)13-8-7-9-14(12-13)22(19,20)16(3)21-4/h7-9,12H,5-6,10-11H2,1-4H3. The molecule has 0 unspecified atom stereocenters. The summed E-state index contributed by atoms with van der Waals surface area (Å²) in [6.07, 6.45) is 1.71. The van der Waals surface area contributed by atoms with Crippen molar-refractivity contribution in [3.05, 3.63) is 29.8 Å². The Morgan fingerprint density at radius 1 is 1.18 bits per heavy atom. The Kier molecular flexibility index (Phi) is 6.99. The van der Waals surface area contributed by atoms with Gasteiger partial charge in [-0.05, 0) is 31.0 Å². The van der Waals surface area contributed by atoms with Gasteiger partial charge in [-0.2, -0.15) is 0 Å². The first-order chi connectivity index (χ1) is 10.4. The maximum Gasteiger partial charge on any atom is 0.264 e. The molecule has 0 N–H and O–H groups in total. The summed E-state index contributed by atoms with van der Waals surface area (Å²) in [6.45, 7) is 5.32. The first-order valence-electron chi connectivity index (χ1n) is 7.30. The van der Waals surface area contributed by atoms with Crippen LogP contribution in [0.1, 0.15) is 37.0 Å². The predicted octanol–water partition coefficient (Wildman–Crippen LogP) is 2.13. The maximum absolute atomic E-state index is 12.5. The van der Waals surface area contributed by atoms with Crippen molar-refractivity contribution in [1.82, 2.24) is 9.37 Å². The molecular formula is C15H24N2O4S. The highest BCUT2D eigenvalue weighted by atomic mass is 32.2. The molecule has 0 spiro atoms. The molecule has 22 heavy (non-hydrogen) atoms. The lowest BCUT2D eigenvalue weighted by Gasteiger charge is -2.22. The van der Waals surface area contributed by atoms with E-state index in [1.165, 1.54) is 26.3 Å². The topological polar surface area (TPSA) is 66.9 Å². The minimum absolute atomic E-state index is 0.0376. The number of carbonyl (C=O) groups is 1. The van der Waals surface area contributed by atoms with E-state index in [1.54, 1.807) is 17.0 Å². The van der Waals surface area contributed by atoms with Crippen LogP contribution in [0.5, 0.6) is 0 Å². The molecule has 0 atom stereocenters. The highest BCUT2D eigenvalue weighted by molar-refractivity contribution is 7.89. The molecule has 0 radical (unpaired) electrons. The first kappa shape index (κ1) is 18.6. The zero-order chi connectivity index (χ0) is 16.8. The van der Waals surface area contributed by atoms with Crippen LogP contribution in [0.4, 0.5) is 0 Å². The average Bonchev–Trinajstić information content (AvgIpc) is 2.53. The van der Waals surface area contributed by atoms with Gasteiger partial charge in [-0.25, -0.2) is 8.42 Å². The van der Waals surface area contributed by atoms with Gasteiger partial charge < -0.3 is 4.90 Å². The average molecular weight is 328 g/mol. The van der Waals surface area contributed by atoms with Crippen molar-refractivity contribution >= 4 is 15.9 Å². The summed E-state index contributed by atoms with van der Waals surface area (Å²) in [7, 11) is -1.17. The normalized spacial score (nSPS) is 11.7. The molecule has 0 heterocycles. The summed E-state index contributed by atoms with van der Waals surface area (Å²) in [5, 5.41) is 0. The molecule has 0 saturated heterocycles. The van der Waals surface area contributed by atoms with Crippen LogP contribution in [0.15, 0.2) is 29.2 Å². The van der Waals surface area contributed by atoms with E-state index in [2.05, 4.69) is 0 Å². The molecule has 0 saturated carbocycles. The third-order valence-electron chi connectivity index (χ3n) is 3.25. The Hall–Kier alpha value is -1.44. The number of benzene rings is 1. The maximum atomic E-state index is 12.5. The van der Waals surface area contributed by atoms with Gasteiger partial charge in [0.15, 0.2) is 0 Å². The molecule has 6 nitrogen and oxygen atoms in total. The fraction of sp³-hybridized carbons (Fsp3) is 0.533. The van der Waals surface area contributed by atoms with Gasteiger partial charge in [-0.3, -0.25) is 9.63 Å². The molecule has 124 valence electrons. The van der Waals surface area contributed by atoms with Crippen LogP contribution in [0.25, 0.3) is 0 Å². The van der Waals surface area contributed by atoms with E-state index in [0.29, 0.717) is 18.7 Å². The Morgan fingerprint density at radius 2 is 1.77 bits per heavy atom. The highest BCUT2D eigenvalue weighted by Crippen LogP contribution is 2.17. The summed E-state index contributed by atoms with van der Waals surface area (Å²) >= 11 is 0. The van der Waals surface area contributed by atoms with Crippen molar-refractivity contribution in [1.29, 1.82) is 0 Å². The van der Waals surface area contributed by atoms with Gasteiger partial charge >= 0.3 is 0 Å². The SMILES string of the molecule is CCCN(CCC)C(=O)c1cccc(S(=O)(=O)N(C)OC)c1. The summed E-state index contributed by atoms with van der Waals surface area (Å²) < 4.78 is 25.2. The highest BCUT2D eigenvalue weighted by Gasteiger charge is 2.23. The Bertz CT molecular complexity index is 595. The Balaban J connectivity index is 3.13. The van der Waals surface area contributed by atoms with E-state index in [4.69, 9.17) is 4.84 Å². The molecule has 1 aromatic rings. The quantitative estimate of drug-likeness (QED) is 0.686. The molecule has 7 heteroatoms. The van der Waals surface area contributed by atoms with Gasteiger partial charge in [0.2, 0.25) is 0 Å². The van der Waals surface area contributed by atoms with Gasteiger partial charge in [0.25, 0.3) is 15.9 Å². The van der Waals surface area contributed by atoms with Crippen LogP contribution >= 0.6 is 0 Å². The van der Waals surface area contributed by atoms with E-state index in [1.807, 2.05) is 13.8 Å². The van der Waals surface area contributed by atoms with Crippen LogP contribution in [0, 0.1) is 0 Å². The van der Waals surface area contributed by atoms with Crippen LogP contribution in [0.2, 0.25) is 0 Å². The van der Waals surface area contributed by atoms with Crippen molar-refractivity contribution in [3.8, 4) is 0 Å². The molecule has 0 bridgehead atoms. The summed E-state index contributed by atoms with van der Waals surface area (Å²) in [6, 6.07) is 6.04. The number of rotatable bonds is 8. The summed E-state index contributed by atoms with van der Waals surface area (Å²) in [4.78, 5) is 19.1. The number of sulfonamides is 1. The van der Waals surface area contributed by atoms with Crippen LogP contribution in [0.3, 0.4) is 0 Å². The fourth-order valence-electron chi connectivity index (χ4n) is 2.07. The van der Waals surface area contributed by atoms with Crippen LogP contribution < -0.4 is 0 Å². The second-order valence-corrected chi connectivity index (χ2v) is 6.85. The molecule has 0 fully saturated rings. The van der Waals surface area contributed by atoms with Gasteiger partial charge in [0.1, 0.15) is 0 Å². The molecule has 0 aromatic heterocycles. The van der Waals surface area contributed by atoms with E-state index >= 15 is 0 Å². The van der Waals surface area contributed by atoms with Gasteiger partial charge in [-0.1, -0.05) is 24.4 Å². The lowest BCUT2D eigenvalue weighted by molar-refractivity contribution is -0.0258. The molecule has 0 aliphatic heterocycles. The number of hydroxylamine groups is 1. The third kappa shape index (κ3) is 4.28. The number of hydrogen-bond acceptors (Lipinski definition) is 4. The van der Waals surface area contributed by atoms with Crippen molar-refractivity contribution in [3.63, 3.8) is 0 Å². The molecule has 0 aliphatic rings. The van der Waals surface area contributed by atoms with Gasteiger partial charge in [-0.15, -0.1) is 0 Å². The van der Waals surface area contributed by atoms with Crippen LogP contribution in [-0.4, -0.2) is 50.9 Å². The zero-order valence-electron chi connectivity index (χ0n) is 13.6. The van der Waals surface area contributed by atoms with E-state index in [9.17, 15) is 13.2 Å². The Labute approximate surface area is 132 Å². The van der Waals surface area contributed by atoms with Gasteiger partial charge in [0.05, 0.1) is 12.0 Å². The first-order valence-corrected chi connectivity index (χ1v) is 8.74. The molecule has 1 aromatic carbocycles. The molecule has 0 aliphatic carbocycles. The van der Waals surface area contributed by atoms with Crippen molar-refractivity contribution in [2.45, 2.75) is 31.6 Å². The van der Waals surface area contributed by atoms with Crippen LogP contribution in [-0.2, 0) is 14.9 Å². The number of hydrogen-bond donors (Lipinski definition) is 0. The molecule has 1 amide bonds. The number of amides is 1. The number of nitrogens with zero attached hydrogens (tertiary/aromatic N) is 2. The largest absolute Gasteiger partial charge is 0.339 e. The smallest absolute Gasteiger partial charge is 0.264 e. The Morgan fingerprint density at radius 3 is 2.27 bits per heavy atom. The van der Waals surface area contributed by atoms with E-state index in [-0.39, 0.29) is 10.8 Å². The van der Waals surface area contributed by atoms with Crippen molar-refractivity contribution in [2.24, 2.45) is 0 Å². The zero-order valence-corrected chi connectivity index (χ0v) is 14.4. The van der Waals surface area contributed by atoms with Crippen molar-refractivity contribution < 1.29 is 18.0 Å². The minimum atomic E-state index is -3.75. The second-order valence-electron chi connectivity index (χ2n) is 4.92. The second kappa shape index (κ2) is 8.26. The summed E-state index contributed by atoms with van der Waals surface area (Å²) in [5.74, 6) is -0.152. The lowest BCUT2D eigenvalue weighted by atomic mass is 10.2.